The van der Waals surface area contributed by atoms with Crippen LogP contribution in [0.5, 0.6) is 0 Å². The van der Waals surface area contributed by atoms with Gasteiger partial charge >= 0.3 is 0 Å². The van der Waals surface area contributed by atoms with Crippen LogP contribution in [0.15, 0.2) is 29.3 Å². The van der Waals surface area contributed by atoms with E-state index in [1.54, 1.807) is 18.2 Å². The highest BCUT2D eigenvalue weighted by Crippen LogP contribution is 2.19. The number of aromatic amines is 1. The van der Waals surface area contributed by atoms with Crippen LogP contribution in [-0.2, 0) is 0 Å². The Hall–Kier alpha value is -2.01. The molecule has 0 radical (unpaired) electrons. The fraction of sp³-hybridized carbons (Fsp3) is 0.167. The lowest BCUT2D eigenvalue weighted by atomic mass is 10.2. The molecule has 1 aromatic carbocycles. The number of rotatable bonds is 2. The van der Waals surface area contributed by atoms with Gasteiger partial charge in [-0.1, -0.05) is 11.6 Å². The number of aromatic nitrogens is 1. The third-order valence-corrected chi connectivity index (χ3v) is 2.63. The Labute approximate surface area is 109 Å². The Balaban J connectivity index is 2.26. The predicted molar refractivity (Wildman–Crippen MR) is 72.9 cm³/mol. The summed E-state index contributed by atoms with van der Waals surface area (Å²) in [5, 5.41) is 4.00. The van der Waals surface area contributed by atoms with E-state index in [1.165, 1.54) is 0 Å². The first-order valence-electron chi connectivity index (χ1n) is 5.49. The number of nitrogens with zero attached hydrogens (tertiary/aromatic N) is 1. The average molecular weight is 265 g/mol. The molecule has 4 N–H and O–H groups in total. The summed E-state index contributed by atoms with van der Waals surface area (Å²) in [6, 6.07) is 7.08. The van der Waals surface area contributed by atoms with Gasteiger partial charge in [0.05, 0.1) is 0 Å². The van der Waals surface area contributed by atoms with Gasteiger partial charge in [-0.15, -0.1) is 0 Å². The van der Waals surface area contributed by atoms with Crippen LogP contribution < -0.4 is 11.1 Å². The number of benzene rings is 1. The zero-order valence-electron chi connectivity index (χ0n) is 9.83. The van der Waals surface area contributed by atoms with Gasteiger partial charge in [0.25, 0.3) is 5.91 Å². The number of halogens is 1. The average Bonchev–Trinajstić information content (AvgIpc) is 2.72. The van der Waals surface area contributed by atoms with Crippen molar-refractivity contribution in [1.82, 2.24) is 10.3 Å². The monoisotopic (exact) mass is 264 g/mol. The molecule has 1 aromatic heterocycles. The molecular weight excluding hydrogens is 252 g/mol. The number of amides is 1. The second kappa shape index (κ2) is 5.10. The second-order valence-corrected chi connectivity index (χ2v) is 4.16. The molecule has 1 heterocycles. The topological polar surface area (TPSA) is 83.3 Å². The molecule has 5 nitrogen and oxygen atoms in total. The number of nitrogens with two attached hydrogens (primary N) is 1. The number of guanidine groups is 1. The van der Waals surface area contributed by atoms with Gasteiger partial charge in [0.1, 0.15) is 5.69 Å². The summed E-state index contributed by atoms with van der Waals surface area (Å²) in [7, 11) is 0. The van der Waals surface area contributed by atoms with Crippen LogP contribution in [0.4, 0.5) is 0 Å². The van der Waals surface area contributed by atoms with Crippen molar-refractivity contribution >= 4 is 34.4 Å². The summed E-state index contributed by atoms with van der Waals surface area (Å²) < 4.78 is 0. The molecule has 0 bridgehead atoms. The van der Waals surface area contributed by atoms with E-state index in [0.717, 1.165) is 10.9 Å². The number of hydrogen-bond donors (Lipinski definition) is 3. The van der Waals surface area contributed by atoms with E-state index in [2.05, 4.69) is 15.3 Å². The smallest absolute Gasteiger partial charge is 0.274 e. The summed E-state index contributed by atoms with van der Waals surface area (Å²) in [5.74, 6) is -0.212. The molecule has 6 heteroatoms. The first-order valence-corrected chi connectivity index (χ1v) is 5.87. The van der Waals surface area contributed by atoms with Crippen molar-refractivity contribution in [2.75, 3.05) is 6.54 Å². The summed E-state index contributed by atoms with van der Waals surface area (Å²) >= 11 is 5.88. The quantitative estimate of drug-likeness (QED) is 0.572. The van der Waals surface area contributed by atoms with E-state index >= 15 is 0 Å². The maximum atomic E-state index is 11.8. The normalized spacial score (nSPS) is 11.8. The number of carbonyl (C=O) groups excluding carboxylic acids is 1. The first kappa shape index (κ1) is 12.4. The second-order valence-electron chi connectivity index (χ2n) is 3.73. The van der Waals surface area contributed by atoms with Gasteiger partial charge < -0.3 is 10.7 Å². The molecule has 0 unspecified atom stereocenters. The molecule has 2 aromatic rings. The Morgan fingerprint density at radius 3 is 3.00 bits per heavy atom. The lowest BCUT2D eigenvalue weighted by Gasteiger charge is -2.01. The number of H-pyrrole nitrogens is 1. The zero-order chi connectivity index (χ0) is 13.1. The summed E-state index contributed by atoms with van der Waals surface area (Å²) in [4.78, 5) is 18.7. The van der Waals surface area contributed by atoms with Crippen LogP contribution in [0, 0.1) is 0 Å². The Morgan fingerprint density at radius 2 is 2.28 bits per heavy atom. The van der Waals surface area contributed by atoms with Crippen LogP contribution in [0.2, 0.25) is 5.02 Å². The Morgan fingerprint density at radius 1 is 1.50 bits per heavy atom. The molecule has 0 aliphatic heterocycles. The molecule has 2 rings (SSSR count). The molecule has 0 aliphatic carbocycles. The summed E-state index contributed by atoms with van der Waals surface area (Å²) in [6.07, 6.45) is 0. The number of fused-ring (bicyclic) bond motifs is 1. The van der Waals surface area contributed by atoms with E-state index in [1.807, 2.05) is 13.0 Å². The fourth-order valence-electron chi connectivity index (χ4n) is 1.62. The fourth-order valence-corrected chi connectivity index (χ4v) is 1.80. The van der Waals surface area contributed by atoms with Gasteiger partial charge in [0.2, 0.25) is 0 Å². The van der Waals surface area contributed by atoms with Crippen molar-refractivity contribution in [2.24, 2.45) is 10.7 Å². The standard InChI is InChI=1S/C12H13ClN4O/c1-2-15-12(14)17-11(18)10-6-7-5-8(13)3-4-9(7)16-10/h3-6,16H,2H2,1H3,(H3,14,15,17,18). The lowest BCUT2D eigenvalue weighted by Crippen LogP contribution is -2.37. The lowest BCUT2D eigenvalue weighted by molar-refractivity contribution is 0.0972. The van der Waals surface area contributed by atoms with Gasteiger partial charge in [-0.05, 0) is 31.2 Å². The summed E-state index contributed by atoms with van der Waals surface area (Å²) in [6.45, 7) is 2.36. The molecular formula is C12H13ClN4O. The highest BCUT2D eigenvalue weighted by atomic mass is 35.5. The molecule has 0 saturated carbocycles. The maximum absolute atomic E-state index is 11.8. The molecule has 0 atom stereocenters. The third kappa shape index (κ3) is 2.62. The van der Waals surface area contributed by atoms with Gasteiger partial charge in [0, 0.05) is 22.5 Å². The number of aliphatic imine (C=N–C) groups is 1. The molecule has 94 valence electrons. The third-order valence-electron chi connectivity index (χ3n) is 2.40. The van der Waals surface area contributed by atoms with Crippen molar-refractivity contribution in [3.63, 3.8) is 0 Å². The van der Waals surface area contributed by atoms with Crippen molar-refractivity contribution < 1.29 is 4.79 Å². The molecule has 1 amide bonds. The SMILES string of the molecule is CCN=C(N)NC(=O)c1cc2cc(Cl)ccc2[nH]1. The largest absolute Gasteiger partial charge is 0.370 e. The first-order chi connectivity index (χ1) is 8.60. The molecule has 0 saturated heterocycles. The molecule has 0 aliphatic rings. The molecule has 0 fully saturated rings. The minimum absolute atomic E-state index is 0.110. The number of nitrogens with one attached hydrogen (secondary N) is 2. The van der Waals surface area contributed by atoms with Crippen molar-refractivity contribution in [3.8, 4) is 0 Å². The number of carbonyl (C=O) groups is 1. The Bertz CT molecular complexity index is 618. The van der Waals surface area contributed by atoms with Crippen LogP contribution >= 0.6 is 11.6 Å². The van der Waals surface area contributed by atoms with Crippen LogP contribution in [0.25, 0.3) is 10.9 Å². The maximum Gasteiger partial charge on any atom is 0.274 e. The molecule has 18 heavy (non-hydrogen) atoms. The van der Waals surface area contributed by atoms with E-state index < -0.39 is 0 Å². The summed E-state index contributed by atoms with van der Waals surface area (Å²) in [5.41, 5.74) is 6.79. The van der Waals surface area contributed by atoms with Crippen molar-refractivity contribution in [2.45, 2.75) is 6.92 Å². The highest BCUT2D eigenvalue weighted by molar-refractivity contribution is 6.31. The zero-order valence-corrected chi connectivity index (χ0v) is 10.6. The van der Waals surface area contributed by atoms with Crippen LogP contribution in [0.1, 0.15) is 17.4 Å². The minimum Gasteiger partial charge on any atom is -0.370 e. The van der Waals surface area contributed by atoms with Crippen molar-refractivity contribution in [1.29, 1.82) is 0 Å². The van der Waals surface area contributed by atoms with E-state index in [-0.39, 0.29) is 11.9 Å². The van der Waals surface area contributed by atoms with Gasteiger partial charge in [-0.3, -0.25) is 15.1 Å². The van der Waals surface area contributed by atoms with Crippen LogP contribution in [-0.4, -0.2) is 23.4 Å². The molecule has 0 spiro atoms. The minimum atomic E-state index is -0.322. The van der Waals surface area contributed by atoms with E-state index in [9.17, 15) is 4.79 Å². The van der Waals surface area contributed by atoms with E-state index in [4.69, 9.17) is 17.3 Å². The van der Waals surface area contributed by atoms with Gasteiger partial charge in [-0.25, -0.2) is 0 Å². The van der Waals surface area contributed by atoms with Gasteiger partial charge in [-0.2, -0.15) is 0 Å². The predicted octanol–water partition coefficient (Wildman–Crippen LogP) is 1.89. The highest BCUT2D eigenvalue weighted by Gasteiger charge is 2.10. The number of hydrogen-bond acceptors (Lipinski definition) is 2. The van der Waals surface area contributed by atoms with E-state index in [0.29, 0.717) is 17.3 Å². The Kier molecular flexibility index (Phi) is 3.53. The van der Waals surface area contributed by atoms with Crippen molar-refractivity contribution in [3.05, 3.63) is 35.0 Å². The van der Waals surface area contributed by atoms with Gasteiger partial charge in [0.15, 0.2) is 5.96 Å². The van der Waals surface area contributed by atoms with Crippen LogP contribution in [0.3, 0.4) is 0 Å².